The van der Waals surface area contributed by atoms with Crippen LogP contribution in [0.15, 0.2) is 18.2 Å². The molecule has 1 saturated heterocycles. The molecule has 100 valence electrons. The number of nitrogens with one attached hydrogen (secondary N) is 2. The lowest BCUT2D eigenvalue weighted by molar-refractivity contribution is -0.137. The molecule has 3 nitrogen and oxygen atoms in total. The third-order valence-corrected chi connectivity index (χ3v) is 3.87. The summed E-state index contributed by atoms with van der Waals surface area (Å²) in [5.41, 5.74) is -0.773. The fourth-order valence-electron chi connectivity index (χ4n) is 2.79. The standard InChI is InChI=1S/C13H12F3N3/c14-13(15,16)11-3-8(2-1-7(11)4-17)19-12-9-5-18-6-10(9)12/h1-3,9-10,12,18-19H,5-6H2. The Morgan fingerprint density at radius 1 is 1.26 bits per heavy atom. The number of anilines is 1. The molecule has 0 aromatic heterocycles. The van der Waals surface area contributed by atoms with E-state index in [9.17, 15) is 13.2 Å². The smallest absolute Gasteiger partial charge is 0.382 e. The summed E-state index contributed by atoms with van der Waals surface area (Å²) >= 11 is 0. The maximum Gasteiger partial charge on any atom is 0.417 e. The largest absolute Gasteiger partial charge is 0.417 e. The summed E-state index contributed by atoms with van der Waals surface area (Å²) in [7, 11) is 0. The van der Waals surface area contributed by atoms with Crippen LogP contribution in [0.5, 0.6) is 0 Å². The lowest BCUT2D eigenvalue weighted by Gasteiger charge is -2.13. The number of benzene rings is 1. The SMILES string of the molecule is N#Cc1ccc(NC2C3CNCC32)cc1C(F)(F)F. The van der Waals surface area contributed by atoms with Crippen LogP contribution in [0.1, 0.15) is 11.1 Å². The third kappa shape index (κ3) is 2.15. The molecule has 1 aliphatic heterocycles. The summed E-state index contributed by atoms with van der Waals surface area (Å²) < 4.78 is 38.4. The number of hydrogen-bond donors (Lipinski definition) is 2. The van der Waals surface area contributed by atoms with Gasteiger partial charge in [0, 0.05) is 24.8 Å². The molecule has 1 aromatic carbocycles. The van der Waals surface area contributed by atoms with E-state index in [2.05, 4.69) is 10.6 Å². The first-order valence-electron chi connectivity index (χ1n) is 6.09. The summed E-state index contributed by atoms with van der Waals surface area (Å²) in [6.45, 7) is 1.84. The molecule has 0 spiro atoms. The van der Waals surface area contributed by atoms with Crippen molar-refractivity contribution in [3.8, 4) is 6.07 Å². The Morgan fingerprint density at radius 2 is 1.95 bits per heavy atom. The lowest BCUT2D eigenvalue weighted by atomic mass is 10.1. The van der Waals surface area contributed by atoms with Gasteiger partial charge in [-0.1, -0.05) is 0 Å². The van der Waals surface area contributed by atoms with Gasteiger partial charge in [-0.15, -0.1) is 0 Å². The minimum Gasteiger partial charge on any atom is -0.382 e. The first-order valence-corrected chi connectivity index (χ1v) is 6.09. The third-order valence-electron chi connectivity index (χ3n) is 3.87. The summed E-state index contributed by atoms with van der Waals surface area (Å²) in [5.74, 6) is 1.04. The van der Waals surface area contributed by atoms with Crippen LogP contribution in [-0.4, -0.2) is 19.1 Å². The first kappa shape index (κ1) is 12.3. The van der Waals surface area contributed by atoms with Crippen LogP contribution < -0.4 is 10.6 Å². The highest BCUT2D eigenvalue weighted by Gasteiger charge is 2.52. The van der Waals surface area contributed by atoms with Crippen LogP contribution in [0.3, 0.4) is 0 Å². The van der Waals surface area contributed by atoms with Gasteiger partial charge in [0.15, 0.2) is 0 Å². The van der Waals surface area contributed by atoms with Crippen LogP contribution in [0.4, 0.5) is 18.9 Å². The van der Waals surface area contributed by atoms with Gasteiger partial charge in [0.1, 0.15) is 0 Å². The van der Waals surface area contributed by atoms with Crippen LogP contribution in [0.25, 0.3) is 0 Å². The van der Waals surface area contributed by atoms with E-state index in [1.54, 1.807) is 6.07 Å². The van der Waals surface area contributed by atoms with Crippen LogP contribution >= 0.6 is 0 Å². The van der Waals surface area contributed by atoms with Crippen molar-refractivity contribution in [3.63, 3.8) is 0 Å². The van der Waals surface area contributed by atoms with Gasteiger partial charge in [0.2, 0.25) is 0 Å². The monoisotopic (exact) mass is 267 g/mol. The molecule has 2 fully saturated rings. The van der Waals surface area contributed by atoms with Crippen LogP contribution in [0, 0.1) is 23.2 Å². The molecule has 2 atom stereocenters. The topological polar surface area (TPSA) is 47.9 Å². The second-order valence-corrected chi connectivity index (χ2v) is 5.03. The Hall–Kier alpha value is -1.74. The number of nitriles is 1. The minimum atomic E-state index is -4.50. The number of halogens is 3. The summed E-state index contributed by atoms with van der Waals surface area (Å²) in [5, 5.41) is 15.1. The lowest BCUT2D eigenvalue weighted by Crippen LogP contribution is -2.21. The van der Waals surface area contributed by atoms with E-state index in [0.29, 0.717) is 17.5 Å². The maximum atomic E-state index is 12.8. The van der Waals surface area contributed by atoms with Crippen LogP contribution in [-0.2, 0) is 6.18 Å². The fourth-order valence-corrected chi connectivity index (χ4v) is 2.79. The van der Waals surface area contributed by atoms with Gasteiger partial charge in [-0.2, -0.15) is 18.4 Å². The van der Waals surface area contributed by atoms with Crippen molar-refractivity contribution in [3.05, 3.63) is 29.3 Å². The molecule has 2 unspecified atom stereocenters. The van der Waals surface area contributed by atoms with E-state index in [-0.39, 0.29) is 11.6 Å². The van der Waals surface area contributed by atoms with Crippen molar-refractivity contribution in [2.24, 2.45) is 11.8 Å². The maximum absolute atomic E-state index is 12.8. The average Bonchev–Trinajstić information content (AvgIpc) is 2.81. The van der Waals surface area contributed by atoms with Crippen molar-refractivity contribution in [2.45, 2.75) is 12.2 Å². The van der Waals surface area contributed by atoms with E-state index in [0.717, 1.165) is 19.2 Å². The molecule has 6 heteroatoms. The minimum absolute atomic E-state index is 0.260. The number of alkyl halides is 3. The number of nitrogens with zero attached hydrogens (tertiary/aromatic N) is 1. The van der Waals surface area contributed by atoms with Gasteiger partial charge in [0.25, 0.3) is 0 Å². The Balaban J connectivity index is 1.82. The summed E-state index contributed by atoms with van der Waals surface area (Å²) in [6, 6.07) is 5.63. The average molecular weight is 267 g/mol. The van der Waals surface area contributed by atoms with Crippen LogP contribution in [0.2, 0.25) is 0 Å². The Labute approximate surface area is 108 Å². The normalized spacial score (nSPS) is 28.6. The van der Waals surface area contributed by atoms with E-state index < -0.39 is 11.7 Å². The highest BCUT2D eigenvalue weighted by molar-refractivity contribution is 5.54. The molecule has 2 N–H and O–H groups in total. The zero-order valence-electron chi connectivity index (χ0n) is 9.96. The van der Waals surface area contributed by atoms with Gasteiger partial charge in [-0.25, -0.2) is 0 Å². The van der Waals surface area contributed by atoms with Crippen molar-refractivity contribution in [1.82, 2.24) is 5.32 Å². The van der Waals surface area contributed by atoms with Crippen molar-refractivity contribution < 1.29 is 13.2 Å². The van der Waals surface area contributed by atoms with E-state index >= 15 is 0 Å². The van der Waals surface area contributed by atoms with Gasteiger partial charge >= 0.3 is 6.18 Å². The molecular weight excluding hydrogens is 255 g/mol. The molecule has 3 rings (SSSR count). The summed E-state index contributed by atoms with van der Waals surface area (Å²) in [6.07, 6.45) is -4.50. The quantitative estimate of drug-likeness (QED) is 0.863. The van der Waals surface area contributed by atoms with Gasteiger partial charge < -0.3 is 10.6 Å². The van der Waals surface area contributed by atoms with E-state index in [1.165, 1.54) is 12.1 Å². The molecule has 1 aliphatic carbocycles. The number of hydrogen-bond acceptors (Lipinski definition) is 3. The fraction of sp³-hybridized carbons (Fsp3) is 0.462. The molecule has 0 bridgehead atoms. The van der Waals surface area contributed by atoms with Crippen molar-refractivity contribution in [1.29, 1.82) is 5.26 Å². The van der Waals surface area contributed by atoms with E-state index in [1.807, 2.05) is 0 Å². The summed E-state index contributed by atoms with van der Waals surface area (Å²) in [4.78, 5) is 0. The number of rotatable bonds is 2. The molecule has 19 heavy (non-hydrogen) atoms. The molecule has 1 saturated carbocycles. The molecule has 1 aromatic rings. The molecule has 0 radical (unpaired) electrons. The van der Waals surface area contributed by atoms with Gasteiger partial charge in [-0.05, 0) is 30.0 Å². The molecular formula is C13H12F3N3. The number of fused-ring (bicyclic) bond motifs is 1. The van der Waals surface area contributed by atoms with Crippen molar-refractivity contribution in [2.75, 3.05) is 18.4 Å². The van der Waals surface area contributed by atoms with Crippen molar-refractivity contribution >= 4 is 5.69 Å². The molecule has 1 heterocycles. The first-order chi connectivity index (χ1) is 9.00. The second kappa shape index (κ2) is 4.14. The predicted molar refractivity (Wildman–Crippen MR) is 63.4 cm³/mol. The molecule has 0 amide bonds. The van der Waals surface area contributed by atoms with Gasteiger partial charge in [-0.3, -0.25) is 0 Å². The highest BCUT2D eigenvalue weighted by Crippen LogP contribution is 2.44. The highest BCUT2D eigenvalue weighted by atomic mass is 19.4. The Morgan fingerprint density at radius 3 is 2.53 bits per heavy atom. The second-order valence-electron chi connectivity index (χ2n) is 5.03. The zero-order chi connectivity index (χ0) is 13.6. The van der Waals surface area contributed by atoms with E-state index in [4.69, 9.17) is 5.26 Å². The Bertz CT molecular complexity index is 537. The Kier molecular flexibility index (Phi) is 2.68. The number of piperidine rings is 1. The molecule has 2 aliphatic rings. The van der Waals surface area contributed by atoms with Gasteiger partial charge in [0.05, 0.1) is 17.2 Å². The zero-order valence-corrected chi connectivity index (χ0v) is 9.96. The predicted octanol–water partition coefficient (Wildman–Crippen LogP) is 2.21.